The van der Waals surface area contributed by atoms with Crippen molar-refractivity contribution in [3.8, 4) is 5.75 Å². The Labute approximate surface area is 189 Å². The van der Waals surface area contributed by atoms with Gasteiger partial charge in [0.25, 0.3) is 17.2 Å². The Morgan fingerprint density at radius 1 is 1.06 bits per heavy atom. The van der Waals surface area contributed by atoms with Crippen molar-refractivity contribution < 1.29 is 14.5 Å². The van der Waals surface area contributed by atoms with Crippen molar-refractivity contribution in [1.29, 1.82) is 0 Å². The predicted molar refractivity (Wildman–Crippen MR) is 126 cm³/mol. The zero-order valence-corrected chi connectivity index (χ0v) is 18.1. The van der Waals surface area contributed by atoms with Gasteiger partial charge in [0.1, 0.15) is 5.75 Å². The Balaban J connectivity index is 1.78. The standard InChI is InChI=1S/C25H21N3O5/c1-16-6-11-23-18(12-16)13-19(24(29)26-23)15-27(21-4-3-5-22(14-21)33-2)25(30)17-7-9-20(10-8-17)28(31)32/h3-14H,15H2,1-2H3,(H,26,29). The van der Waals surface area contributed by atoms with Crippen molar-refractivity contribution in [1.82, 2.24) is 4.98 Å². The molecule has 0 spiro atoms. The number of ether oxygens (including phenoxy) is 1. The van der Waals surface area contributed by atoms with Gasteiger partial charge < -0.3 is 14.6 Å². The lowest BCUT2D eigenvalue weighted by atomic mass is 10.1. The van der Waals surface area contributed by atoms with Gasteiger partial charge in [0.15, 0.2) is 0 Å². The molecule has 1 aromatic heterocycles. The third-order valence-corrected chi connectivity index (χ3v) is 5.34. The lowest BCUT2D eigenvalue weighted by molar-refractivity contribution is -0.384. The van der Waals surface area contributed by atoms with E-state index in [2.05, 4.69) is 4.98 Å². The van der Waals surface area contributed by atoms with Crippen LogP contribution in [0.15, 0.2) is 77.6 Å². The summed E-state index contributed by atoms with van der Waals surface area (Å²) in [7, 11) is 1.53. The lowest BCUT2D eigenvalue weighted by Crippen LogP contribution is -2.32. The number of hydrogen-bond donors (Lipinski definition) is 1. The molecule has 0 saturated carbocycles. The quantitative estimate of drug-likeness (QED) is 0.346. The van der Waals surface area contributed by atoms with E-state index in [1.54, 1.807) is 30.3 Å². The largest absolute Gasteiger partial charge is 0.497 e. The van der Waals surface area contributed by atoms with E-state index in [9.17, 15) is 19.7 Å². The van der Waals surface area contributed by atoms with E-state index in [4.69, 9.17) is 4.74 Å². The van der Waals surface area contributed by atoms with Crippen molar-refractivity contribution in [3.63, 3.8) is 0 Å². The molecular weight excluding hydrogens is 422 g/mol. The van der Waals surface area contributed by atoms with Crippen LogP contribution in [0.25, 0.3) is 10.9 Å². The van der Waals surface area contributed by atoms with Crippen LogP contribution in [0, 0.1) is 17.0 Å². The third kappa shape index (κ3) is 4.59. The summed E-state index contributed by atoms with van der Waals surface area (Å²) in [5.41, 5.74) is 2.55. The van der Waals surface area contributed by atoms with Gasteiger partial charge in [-0.25, -0.2) is 0 Å². The molecule has 0 aliphatic rings. The third-order valence-electron chi connectivity index (χ3n) is 5.34. The number of carbonyl (C=O) groups excluding carboxylic acids is 1. The molecule has 1 amide bonds. The van der Waals surface area contributed by atoms with Gasteiger partial charge in [-0.2, -0.15) is 0 Å². The lowest BCUT2D eigenvalue weighted by Gasteiger charge is -2.23. The first-order valence-electron chi connectivity index (χ1n) is 10.2. The first kappa shape index (κ1) is 21.8. The highest BCUT2D eigenvalue weighted by molar-refractivity contribution is 6.06. The maximum Gasteiger partial charge on any atom is 0.269 e. The van der Waals surface area contributed by atoms with Gasteiger partial charge in [0.05, 0.1) is 18.6 Å². The number of benzene rings is 3. The Kier molecular flexibility index (Phi) is 5.91. The molecule has 0 saturated heterocycles. The number of nitro groups is 1. The molecule has 0 radical (unpaired) electrons. The molecule has 4 aromatic rings. The van der Waals surface area contributed by atoms with Gasteiger partial charge in [-0.1, -0.05) is 17.7 Å². The Bertz CT molecular complexity index is 1410. The van der Waals surface area contributed by atoms with Gasteiger partial charge >= 0.3 is 0 Å². The van der Waals surface area contributed by atoms with E-state index in [1.165, 1.54) is 36.3 Å². The Morgan fingerprint density at radius 3 is 2.52 bits per heavy atom. The predicted octanol–water partition coefficient (Wildman–Crippen LogP) is 4.60. The summed E-state index contributed by atoms with van der Waals surface area (Å²) in [6.45, 7) is 1.97. The fourth-order valence-corrected chi connectivity index (χ4v) is 3.60. The number of amides is 1. The first-order chi connectivity index (χ1) is 15.9. The number of nitro benzene ring substituents is 1. The summed E-state index contributed by atoms with van der Waals surface area (Å²) in [5.74, 6) is 0.152. The molecule has 166 valence electrons. The van der Waals surface area contributed by atoms with E-state index < -0.39 is 10.8 Å². The molecular formula is C25H21N3O5. The zero-order valence-electron chi connectivity index (χ0n) is 18.1. The number of non-ortho nitro benzene ring substituents is 1. The number of nitrogens with zero attached hydrogens (tertiary/aromatic N) is 2. The number of rotatable bonds is 6. The molecule has 1 heterocycles. The van der Waals surface area contributed by atoms with E-state index in [0.29, 0.717) is 22.5 Å². The number of methoxy groups -OCH3 is 1. The fourth-order valence-electron chi connectivity index (χ4n) is 3.60. The Hall–Kier alpha value is -4.46. The fraction of sp³-hybridized carbons (Fsp3) is 0.120. The number of fused-ring (bicyclic) bond motifs is 1. The van der Waals surface area contributed by atoms with E-state index in [1.807, 2.05) is 25.1 Å². The topological polar surface area (TPSA) is 106 Å². The summed E-state index contributed by atoms with van der Waals surface area (Å²) >= 11 is 0. The number of hydrogen-bond acceptors (Lipinski definition) is 5. The summed E-state index contributed by atoms with van der Waals surface area (Å²) in [6, 6.07) is 19.8. The van der Waals surface area contributed by atoms with Gasteiger partial charge in [0.2, 0.25) is 0 Å². The second-order valence-electron chi connectivity index (χ2n) is 7.61. The number of nitrogens with one attached hydrogen (secondary N) is 1. The van der Waals surface area contributed by atoms with Crippen LogP contribution >= 0.6 is 0 Å². The normalized spacial score (nSPS) is 10.7. The highest BCUT2D eigenvalue weighted by atomic mass is 16.6. The first-order valence-corrected chi connectivity index (χ1v) is 10.2. The van der Waals surface area contributed by atoms with Crippen molar-refractivity contribution in [2.24, 2.45) is 0 Å². The zero-order chi connectivity index (χ0) is 23.5. The number of aromatic amines is 1. The monoisotopic (exact) mass is 443 g/mol. The second kappa shape index (κ2) is 8.96. The minimum Gasteiger partial charge on any atom is -0.497 e. The molecule has 3 aromatic carbocycles. The van der Waals surface area contributed by atoms with Crippen LogP contribution in [0.1, 0.15) is 21.5 Å². The number of aryl methyl sites for hydroxylation is 1. The maximum atomic E-state index is 13.5. The highest BCUT2D eigenvalue weighted by Gasteiger charge is 2.21. The number of pyridine rings is 1. The average Bonchev–Trinajstić information content (AvgIpc) is 2.82. The second-order valence-corrected chi connectivity index (χ2v) is 7.61. The van der Waals surface area contributed by atoms with Crippen LogP contribution in [-0.4, -0.2) is 22.9 Å². The van der Waals surface area contributed by atoms with E-state index >= 15 is 0 Å². The van der Waals surface area contributed by atoms with E-state index in [0.717, 1.165) is 10.9 Å². The number of H-pyrrole nitrogens is 1. The minimum absolute atomic E-state index is 0.00219. The van der Waals surface area contributed by atoms with E-state index in [-0.39, 0.29) is 23.4 Å². The molecule has 0 aliphatic carbocycles. The molecule has 8 heteroatoms. The van der Waals surface area contributed by atoms with Crippen LogP contribution < -0.4 is 15.2 Å². The molecule has 4 rings (SSSR count). The minimum atomic E-state index is -0.523. The van der Waals surface area contributed by atoms with Crippen molar-refractivity contribution in [2.75, 3.05) is 12.0 Å². The number of anilines is 1. The average molecular weight is 443 g/mol. The van der Waals surface area contributed by atoms with Gasteiger partial charge in [-0.15, -0.1) is 0 Å². The molecule has 0 bridgehead atoms. The number of carbonyl (C=O) groups is 1. The van der Waals surface area contributed by atoms with Crippen molar-refractivity contribution in [3.05, 3.63) is 110 Å². The maximum absolute atomic E-state index is 13.5. The SMILES string of the molecule is COc1cccc(N(Cc2cc3cc(C)ccc3[nH]c2=O)C(=O)c2ccc([N+](=O)[O-])cc2)c1. The van der Waals surface area contributed by atoms with Crippen LogP contribution in [0.5, 0.6) is 5.75 Å². The summed E-state index contributed by atoms with van der Waals surface area (Å²) in [4.78, 5) is 41.0. The summed E-state index contributed by atoms with van der Waals surface area (Å²) < 4.78 is 5.30. The molecule has 0 atom stereocenters. The van der Waals surface area contributed by atoms with Crippen LogP contribution in [0.4, 0.5) is 11.4 Å². The van der Waals surface area contributed by atoms with Gasteiger partial charge in [-0.05, 0) is 54.8 Å². The summed E-state index contributed by atoms with van der Waals surface area (Å²) in [6.07, 6.45) is 0. The van der Waals surface area contributed by atoms with Crippen molar-refractivity contribution in [2.45, 2.75) is 13.5 Å². The molecule has 8 nitrogen and oxygen atoms in total. The molecule has 1 N–H and O–H groups in total. The van der Waals surface area contributed by atoms with Crippen LogP contribution in [0.3, 0.4) is 0 Å². The Morgan fingerprint density at radius 2 is 1.82 bits per heavy atom. The van der Waals surface area contributed by atoms with Crippen LogP contribution in [-0.2, 0) is 6.54 Å². The molecule has 0 unspecified atom stereocenters. The number of aromatic nitrogens is 1. The molecule has 0 aliphatic heterocycles. The molecule has 0 fully saturated rings. The van der Waals surface area contributed by atoms with Gasteiger partial charge in [0, 0.05) is 40.5 Å². The van der Waals surface area contributed by atoms with Crippen LogP contribution in [0.2, 0.25) is 0 Å². The molecule has 33 heavy (non-hydrogen) atoms. The summed E-state index contributed by atoms with van der Waals surface area (Å²) in [5, 5.41) is 11.8. The smallest absolute Gasteiger partial charge is 0.269 e. The van der Waals surface area contributed by atoms with Crippen molar-refractivity contribution >= 4 is 28.2 Å². The highest BCUT2D eigenvalue weighted by Crippen LogP contribution is 2.25. The van der Waals surface area contributed by atoms with Gasteiger partial charge in [-0.3, -0.25) is 19.7 Å².